The third-order valence-electron chi connectivity index (χ3n) is 2.99. The fraction of sp³-hybridized carbons (Fsp3) is 0.308. The summed E-state index contributed by atoms with van der Waals surface area (Å²) in [5.41, 5.74) is 2.38. The van der Waals surface area contributed by atoms with Crippen LogP contribution in [0.15, 0.2) is 35.1 Å². The zero-order valence-electron chi connectivity index (χ0n) is 10.2. The molecule has 2 aromatic rings. The van der Waals surface area contributed by atoms with Gasteiger partial charge in [0.2, 0.25) is 0 Å². The Morgan fingerprint density at radius 3 is 2.71 bits per heavy atom. The van der Waals surface area contributed by atoms with Crippen LogP contribution in [0.25, 0.3) is 5.69 Å². The molecule has 0 amide bonds. The highest BCUT2D eigenvalue weighted by atomic mass is 79.9. The molecule has 3 nitrogen and oxygen atoms in total. The quantitative estimate of drug-likeness (QED) is 0.942. The number of aryl methyl sites for hydroxylation is 1. The number of nitrogens with zero attached hydrogens (tertiary/aromatic N) is 2. The Kier molecular flexibility index (Phi) is 3.64. The Labute approximate surface area is 110 Å². The van der Waals surface area contributed by atoms with Crippen LogP contribution < -0.4 is 5.32 Å². The molecule has 0 spiro atoms. The summed E-state index contributed by atoms with van der Waals surface area (Å²) in [4.78, 5) is 4.24. The smallest absolute Gasteiger partial charge is 0.110 e. The van der Waals surface area contributed by atoms with E-state index in [0.29, 0.717) is 6.04 Å². The number of hydrogen-bond donors (Lipinski definition) is 1. The van der Waals surface area contributed by atoms with Crippen LogP contribution in [0.5, 0.6) is 0 Å². The first-order valence-corrected chi connectivity index (χ1v) is 6.40. The van der Waals surface area contributed by atoms with E-state index in [0.717, 1.165) is 16.0 Å². The fourth-order valence-electron chi connectivity index (χ4n) is 1.79. The normalized spacial score (nSPS) is 12.7. The van der Waals surface area contributed by atoms with Crippen molar-refractivity contribution in [3.05, 3.63) is 46.5 Å². The van der Waals surface area contributed by atoms with Crippen LogP contribution in [0.1, 0.15) is 24.4 Å². The van der Waals surface area contributed by atoms with Gasteiger partial charge in [-0.3, -0.25) is 0 Å². The van der Waals surface area contributed by atoms with Crippen molar-refractivity contribution in [2.24, 2.45) is 0 Å². The van der Waals surface area contributed by atoms with Crippen LogP contribution in [0.2, 0.25) is 0 Å². The van der Waals surface area contributed by atoms with Gasteiger partial charge in [-0.2, -0.15) is 0 Å². The highest BCUT2D eigenvalue weighted by Gasteiger charge is 2.08. The van der Waals surface area contributed by atoms with Crippen molar-refractivity contribution in [1.29, 1.82) is 0 Å². The van der Waals surface area contributed by atoms with E-state index in [9.17, 15) is 0 Å². The molecule has 1 unspecified atom stereocenters. The maximum atomic E-state index is 4.24. The van der Waals surface area contributed by atoms with E-state index in [2.05, 4.69) is 55.9 Å². The zero-order valence-corrected chi connectivity index (χ0v) is 11.8. The number of aromatic nitrogens is 2. The van der Waals surface area contributed by atoms with Gasteiger partial charge in [0.1, 0.15) is 5.82 Å². The maximum absolute atomic E-state index is 4.24. The second-order valence-corrected chi connectivity index (χ2v) is 4.92. The van der Waals surface area contributed by atoms with E-state index in [1.165, 1.54) is 5.56 Å². The van der Waals surface area contributed by atoms with Crippen molar-refractivity contribution in [2.75, 3.05) is 7.05 Å². The highest BCUT2D eigenvalue weighted by Crippen LogP contribution is 2.25. The molecule has 0 radical (unpaired) electrons. The van der Waals surface area contributed by atoms with Crippen LogP contribution in [0.4, 0.5) is 0 Å². The Morgan fingerprint density at radius 1 is 1.41 bits per heavy atom. The molecule has 17 heavy (non-hydrogen) atoms. The van der Waals surface area contributed by atoms with E-state index in [-0.39, 0.29) is 0 Å². The predicted molar refractivity (Wildman–Crippen MR) is 73.5 cm³/mol. The zero-order chi connectivity index (χ0) is 12.4. The van der Waals surface area contributed by atoms with Crippen LogP contribution in [0, 0.1) is 6.92 Å². The van der Waals surface area contributed by atoms with Gasteiger partial charge in [-0.05, 0) is 54.5 Å². The van der Waals surface area contributed by atoms with Gasteiger partial charge < -0.3 is 9.88 Å². The second-order valence-electron chi connectivity index (χ2n) is 4.07. The second kappa shape index (κ2) is 5.02. The lowest BCUT2D eigenvalue weighted by Crippen LogP contribution is -2.12. The number of hydrogen-bond acceptors (Lipinski definition) is 2. The van der Waals surface area contributed by atoms with Crippen molar-refractivity contribution in [2.45, 2.75) is 19.9 Å². The van der Waals surface area contributed by atoms with Gasteiger partial charge in [-0.25, -0.2) is 4.98 Å². The van der Waals surface area contributed by atoms with Crippen molar-refractivity contribution < 1.29 is 0 Å². The Hall–Kier alpha value is -1.13. The first-order chi connectivity index (χ1) is 8.13. The van der Waals surface area contributed by atoms with Crippen LogP contribution >= 0.6 is 15.9 Å². The molecule has 2 rings (SSSR count). The van der Waals surface area contributed by atoms with Gasteiger partial charge in [-0.15, -0.1) is 0 Å². The molecule has 0 bridgehead atoms. The summed E-state index contributed by atoms with van der Waals surface area (Å²) < 4.78 is 3.15. The van der Waals surface area contributed by atoms with Gasteiger partial charge in [0.05, 0.1) is 5.69 Å². The van der Waals surface area contributed by atoms with Gasteiger partial charge in [0.15, 0.2) is 0 Å². The maximum Gasteiger partial charge on any atom is 0.110 e. The standard InChI is InChI=1S/C13H16BrN3/c1-9(15-3)11-4-5-13(12(14)8-11)17-7-6-16-10(17)2/h4-9,15H,1-3H3. The van der Waals surface area contributed by atoms with E-state index in [1.807, 2.05) is 26.4 Å². The molecule has 90 valence electrons. The topological polar surface area (TPSA) is 29.9 Å². The summed E-state index contributed by atoms with van der Waals surface area (Å²) in [5.74, 6) is 0.986. The predicted octanol–water partition coefficient (Wildman–Crippen LogP) is 3.22. The van der Waals surface area contributed by atoms with Crippen molar-refractivity contribution in [1.82, 2.24) is 14.9 Å². The molecule has 0 fully saturated rings. The Balaban J connectivity index is 2.42. The van der Waals surface area contributed by atoms with Gasteiger partial charge >= 0.3 is 0 Å². The molecule has 0 aliphatic carbocycles. The van der Waals surface area contributed by atoms with Crippen LogP contribution in [0.3, 0.4) is 0 Å². The van der Waals surface area contributed by atoms with E-state index < -0.39 is 0 Å². The van der Waals surface area contributed by atoms with Crippen molar-refractivity contribution in [3.63, 3.8) is 0 Å². The lowest BCUT2D eigenvalue weighted by Gasteiger charge is -2.14. The van der Waals surface area contributed by atoms with Gasteiger partial charge in [0, 0.05) is 22.9 Å². The molecular weight excluding hydrogens is 278 g/mol. The summed E-state index contributed by atoms with van der Waals surface area (Å²) >= 11 is 3.62. The van der Waals surface area contributed by atoms with Crippen molar-refractivity contribution >= 4 is 15.9 Å². The first kappa shape index (κ1) is 12.3. The van der Waals surface area contributed by atoms with Gasteiger partial charge in [0.25, 0.3) is 0 Å². The summed E-state index contributed by atoms with van der Waals surface area (Å²) in [6.45, 7) is 4.14. The molecule has 1 N–H and O–H groups in total. The molecular formula is C13H16BrN3. The number of imidazole rings is 1. The molecule has 1 heterocycles. The number of nitrogens with one attached hydrogen (secondary N) is 1. The summed E-state index contributed by atoms with van der Waals surface area (Å²) in [7, 11) is 1.96. The number of rotatable bonds is 3. The summed E-state index contributed by atoms with van der Waals surface area (Å²) in [6.07, 6.45) is 3.78. The molecule has 0 saturated heterocycles. The average Bonchev–Trinajstić information content (AvgIpc) is 2.74. The molecule has 4 heteroatoms. The van der Waals surface area contributed by atoms with E-state index in [4.69, 9.17) is 0 Å². The largest absolute Gasteiger partial charge is 0.313 e. The minimum Gasteiger partial charge on any atom is -0.313 e. The molecule has 1 atom stereocenters. The lowest BCUT2D eigenvalue weighted by atomic mass is 10.1. The fourth-order valence-corrected chi connectivity index (χ4v) is 2.37. The SMILES string of the molecule is CNC(C)c1ccc(-n2ccnc2C)c(Br)c1. The number of halogens is 1. The van der Waals surface area contributed by atoms with E-state index >= 15 is 0 Å². The van der Waals surface area contributed by atoms with Crippen molar-refractivity contribution in [3.8, 4) is 5.69 Å². The Bertz CT molecular complexity index is 519. The third kappa shape index (κ3) is 2.42. The summed E-state index contributed by atoms with van der Waals surface area (Å²) in [5, 5.41) is 3.23. The molecule has 0 saturated carbocycles. The molecule has 0 aliphatic rings. The van der Waals surface area contributed by atoms with Crippen LogP contribution in [-0.2, 0) is 0 Å². The Morgan fingerprint density at radius 2 is 2.18 bits per heavy atom. The summed E-state index contributed by atoms with van der Waals surface area (Å²) in [6, 6.07) is 6.75. The van der Waals surface area contributed by atoms with Gasteiger partial charge in [-0.1, -0.05) is 6.07 Å². The minimum absolute atomic E-state index is 0.351. The van der Waals surface area contributed by atoms with E-state index in [1.54, 1.807) is 0 Å². The number of benzene rings is 1. The molecule has 1 aromatic carbocycles. The monoisotopic (exact) mass is 293 g/mol. The third-order valence-corrected chi connectivity index (χ3v) is 3.63. The lowest BCUT2D eigenvalue weighted by molar-refractivity contribution is 0.652. The van der Waals surface area contributed by atoms with Crippen LogP contribution in [-0.4, -0.2) is 16.6 Å². The minimum atomic E-state index is 0.351. The highest BCUT2D eigenvalue weighted by molar-refractivity contribution is 9.10. The molecule has 0 aliphatic heterocycles. The average molecular weight is 294 g/mol. The first-order valence-electron chi connectivity index (χ1n) is 5.60. The molecule has 1 aromatic heterocycles.